The zero-order valence-corrected chi connectivity index (χ0v) is 19.1. The summed E-state index contributed by atoms with van der Waals surface area (Å²) in [4.78, 5) is 29.3. The van der Waals surface area contributed by atoms with Gasteiger partial charge in [-0.15, -0.1) is 24.0 Å². The highest BCUT2D eigenvalue weighted by Gasteiger charge is 2.24. The molecule has 0 aromatic carbocycles. The highest BCUT2D eigenvalue weighted by molar-refractivity contribution is 14.0. The van der Waals surface area contributed by atoms with E-state index in [9.17, 15) is 9.59 Å². The Labute approximate surface area is 182 Å². The molecule has 10 heteroatoms. The van der Waals surface area contributed by atoms with Gasteiger partial charge in [0.15, 0.2) is 5.96 Å². The van der Waals surface area contributed by atoms with E-state index in [1.54, 1.807) is 31.9 Å². The van der Waals surface area contributed by atoms with Crippen LogP contribution in [0.2, 0.25) is 0 Å². The van der Waals surface area contributed by atoms with Crippen LogP contribution in [0, 0.1) is 6.92 Å². The normalized spacial score (nSPS) is 14.9. The van der Waals surface area contributed by atoms with Crippen LogP contribution in [-0.4, -0.2) is 62.8 Å². The van der Waals surface area contributed by atoms with E-state index < -0.39 is 5.97 Å². The van der Waals surface area contributed by atoms with E-state index >= 15 is 0 Å². The third kappa shape index (κ3) is 6.57. The van der Waals surface area contributed by atoms with Crippen LogP contribution in [0.3, 0.4) is 0 Å². The minimum atomic E-state index is -0.418. The van der Waals surface area contributed by atoms with Crippen molar-refractivity contribution in [3.05, 3.63) is 23.2 Å². The number of carbonyl (C=O) groups excluding carboxylic acids is 2. The average molecular weight is 508 g/mol. The number of aliphatic imine (C=N–C) groups is 1. The molecule has 158 valence electrons. The van der Waals surface area contributed by atoms with E-state index in [2.05, 4.69) is 15.6 Å². The predicted octanol–water partition coefficient (Wildman–Crippen LogP) is 2.28. The third-order valence-corrected chi connectivity index (χ3v) is 4.39. The van der Waals surface area contributed by atoms with Gasteiger partial charge in [-0.05, 0) is 32.8 Å². The van der Waals surface area contributed by atoms with E-state index in [1.165, 1.54) is 7.11 Å². The van der Waals surface area contributed by atoms with E-state index in [0.717, 1.165) is 12.8 Å². The average Bonchev–Trinajstić information content (AvgIpc) is 3.05. The number of carbonyl (C=O) groups is 2. The summed E-state index contributed by atoms with van der Waals surface area (Å²) in [6.07, 6.45) is 1.37. The molecule has 0 saturated carbocycles. The van der Waals surface area contributed by atoms with Gasteiger partial charge in [0.25, 0.3) is 0 Å². The standard InChI is InChI=1S/C18H28N4O5.HI/c1-5-26-18(24)22-8-6-13(7-9-22)21-17(19-3)20-11-14-10-15(12(2)27-14)16(23)25-4;/h10,13H,5-9,11H2,1-4H3,(H2,19,20,21);1H. The number of hydrogen-bond acceptors (Lipinski definition) is 6. The van der Waals surface area contributed by atoms with Crippen LogP contribution in [0.1, 0.15) is 41.6 Å². The molecule has 1 amide bonds. The lowest BCUT2D eigenvalue weighted by Gasteiger charge is -2.32. The molecule has 0 bridgehead atoms. The number of rotatable bonds is 5. The van der Waals surface area contributed by atoms with Gasteiger partial charge in [-0.3, -0.25) is 4.99 Å². The van der Waals surface area contributed by atoms with Crippen LogP contribution in [0.5, 0.6) is 0 Å². The minimum Gasteiger partial charge on any atom is -0.465 e. The zero-order valence-electron chi connectivity index (χ0n) is 16.7. The van der Waals surface area contributed by atoms with Gasteiger partial charge in [0.2, 0.25) is 0 Å². The fraction of sp³-hybridized carbons (Fsp3) is 0.611. The van der Waals surface area contributed by atoms with Crippen LogP contribution in [0.15, 0.2) is 15.5 Å². The topological polar surface area (TPSA) is 105 Å². The van der Waals surface area contributed by atoms with Crippen molar-refractivity contribution in [2.75, 3.05) is 33.9 Å². The number of esters is 1. The second-order valence-electron chi connectivity index (χ2n) is 6.20. The van der Waals surface area contributed by atoms with Crippen LogP contribution < -0.4 is 10.6 Å². The number of aryl methyl sites for hydroxylation is 1. The number of halogens is 1. The van der Waals surface area contributed by atoms with Gasteiger partial charge in [-0.25, -0.2) is 9.59 Å². The molecule has 0 spiro atoms. The van der Waals surface area contributed by atoms with Gasteiger partial charge in [-0.1, -0.05) is 0 Å². The van der Waals surface area contributed by atoms with Crippen LogP contribution >= 0.6 is 24.0 Å². The number of nitrogens with zero attached hydrogens (tertiary/aromatic N) is 2. The van der Waals surface area contributed by atoms with E-state index in [1.807, 2.05) is 0 Å². The van der Waals surface area contributed by atoms with Gasteiger partial charge in [0, 0.05) is 26.2 Å². The summed E-state index contributed by atoms with van der Waals surface area (Å²) < 4.78 is 15.3. The molecule has 1 aliphatic rings. The van der Waals surface area contributed by atoms with Crippen molar-refractivity contribution < 1.29 is 23.5 Å². The lowest BCUT2D eigenvalue weighted by atomic mass is 10.1. The Hall–Kier alpha value is -1.98. The minimum absolute atomic E-state index is 0. The molecular formula is C18H29IN4O5. The number of methoxy groups -OCH3 is 1. The fourth-order valence-corrected chi connectivity index (χ4v) is 2.92. The smallest absolute Gasteiger partial charge is 0.409 e. The van der Waals surface area contributed by atoms with Gasteiger partial charge in [-0.2, -0.15) is 0 Å². The largest absolute Gasteiger partial charge is 0.465 e. The van der Waals surface area contributed by atoms with Crippen molar-refractivity contribution in [2.24, 2.45) is 4.99 Å². The molecule has 2 rings (SSSR count). The molecule has 1 aromatic rings. The number of nitrogens with one attached hydrogen (secondary N) is 2. The summed E-state index contributed by atoms with van der Waals surface area (Å²) in [5.41, 5.74) is 0.420. The van der Waals surface area contributed by atoms with Gasteiger partial charge >= 0.3 is 12.1 Å². The summed E-state index contributed by atoms with van der Waals surface area (Å²) >= 11 is 0. The van der Waals surface area contributed by atoms with Crippen LogP contribution in [0.25, 0.3) is 0 Å². The number of amides is 1. The molecule has 1 fully saturated rings. The first-order valence-electron chi connectivity index (χ1n) is 9.05. The summed E-state index contributed by atoms with van der Waals surface area (Å²) in [5, 5.41) is 6.52. The molecular weight excluding hydrogens is 479 g/mol. The maximum atomic E-state index is 11.7. The maximum Gasteiger partial charge on any atom is 0.409 e. The monoisotopic (exact) mass is 508 g/mol. The first kappa shape index (κ1) is 24.1. The van der Waals surface area contributed by atoms with Crippen molar-refractivity contribution in [2.45, 2.75) is 39.3 Å². The fourth-order valence-electron chi connectivity index (χ4n) is 2.92. The molecule has 2 N–H and O–H groups in total. The lowest BCUT2D eigenvalue weighted by molar-refractivity contribution is 0.0598. The number of furan rings is 1. The van der Waals surface area contributed by atoms with Crippen molar-refractivity contribution in [1.29, 1.82) is 0 Å². The van der Waals surface area contributed by atoms with Crippen molar-refractivity contribution in [3.63, 3.8) is 0 Å². The second-order valence-corrected chi connectivity index (χ2v) is 6.20. The molecule has 28 heavy (non-hydrogen) atoms. The molecule has 1 saturated heterocycles. The van der Waals surface area contributed by atoms with Crippen LogP contribution in [-0.2, 0) is 16.0 Å². The summed E-state index contributed by atoms with van der Waals surface area (Å²) in [6, 6.07) is 1.88. The highest BCUT2D eigenvalue weighted by atomic mass is 127. The quantitative estimate of drug-likeness (QED) is 0.272. The summed E-state index contributed by atoms with van der Waals surface area (Å²) in [5.74, 6) is 1.36. The van der Waals surface area contributed by atoms with Gasteiger partial charge < -0.3 is 29.4 Å². The number of guanidine groups is 1. The Morgan fingerprint density at radius 2 is 2.04 bits per heavy atom. The Balaban J connectivity index is 0.00000392. The molecule has 0 aliphatic carbocycles. The molecule has 1 aromatic heterocycles. The lowest BCUT2D eigenvalue weighted by Crippen LogP contribution is -2.49. The maximum absolute atomic E-state index is 11.7. The van der Waals surface area contributed by atoms with E-state index in [4.69, 9.17) is 13.9 Å². The summed E-state index contributed by atoms with van der Waals surface area (Å²) in [7, 11) is 3.03. The summed E-state index contributed by atoms with van der Waals surface area (Å²) in [6.45, 7) is 5.59. The second kappa shape index (κ2) is 11.8. The zero-order chi connectivity index (χ0) is 19.8. The van der Waals surface area contributed by atoms with Crippen LogP contribution in [0.4, 0.5) is 4.79 Å². The van der Waals surface area contributed by atoms with Gasteiger partial charge in [0.1, 0.15) is 17.1 Å². The SMILES string of the molecule is CCOC(=O)N1CCC(NC(=NC)NCc2cc(C(=O)OC)c(C)o2)CC1.I. The van der Waals surface area contributed by atoms with Crippen molar-refractivity contribution in [3.8, 4) is 0 Å². The predicted molar refractivity (Wildman–Crippen MR) is 115 cm³/mol. The molecule has 0 radical (unpaired) electrons. The molecule has 0 atom stereocenters. The Bertz CT molecular complexity index is 684. The van der Waals surface area contributed by atoms with E-state index in [0.29, 0.717) is 49.3 Å². The number of piperidine rings is 1. The number of ether oxygens (including phenoxy) is 2. The Morgan fingerprint density at radius 1 is 1.36 bits per heavy atom. The molecule has 2 heterocycles. The van der Waals surface area contributed by atoms with Crippen molar-refractivity contribution >= 4 is 42.0 Å². The molecule has 1 aliphatic heterocycles. The Kier molecular flexibility index (Phi) is 10.1. The van der Waals surface area contributed by atoms with Gasteiger partial charge in [0.05, 0.1) is 20.3 Å². The third-order valence-electron chi connectivity index (χ3n) is 4.39. The van der Waals surface area contributed by atoms with Crippen molar-refractivity contribution in [1.82, 2.24) is 15.5 Å². The first-order chi connectivity index (χ1) is 13.0. The number of hydrogen-bond donors (Lipinski definition) is 2. The molecule has 9 nitrogen and oxygen atoms in total. The number of likely N-dealkylation sites (tertiary alicyclic amines) is 1. The van der Waals surface area contributed by atoms with E-state index in [-0.39, 0.29) is 36.1 Å². The highest BCUT2D eigenvalue weighted by Crippen LogP contribution is 2.16. The molecule has 0 unspecified atom stereocenters. The first-order valence-corrected chi connectivity index (χ1v) is 9.05. The Morgan fingerprint density at radius 3 is 2.61 bits per heavy atom.